The fourth-order valence-corrected chi connectivity index (χ4v) is 3.94. The summed E-state index contributed by atoms with van der Waals surface area (Å²) in [7, 11) is 0. The average molecular weight is 418 g/mol. The molecule has 2 atom stereocenters. The highest BCUT2D eigenvalue weighted by Gasteiger charge is 2.30. The molecule has 2 unspecified atom stereocenters. The van der Waals surface area contributed by atoms with Crippen LogP contribution in [0.2, 0.25) is 0 Å². The van der Waals surface area contributed by atoms with Gasteiger partial charge in [-0.25, -0.2) is 4.79 Å². The van der Waals surface area contributed by atoms with Crippen molar-refractivity contribution in [3.8, 4) is 5.75 Å². The second-order valence-corrected chi connectivity index (χ2v) is 7.57. The number of benzene rings is 3. The molecule has 0 bridgehead atoms. The molecule has 0 fully saturated rings. The minimum Gasteiger partial charge on any atom is -0.508 e. The number of amides is 1. The van der Waals surface area contributed by atoms with E-state index in [1.165, 1.54) is 12.1 Å². The van der Waals surface area contributed by atoms with Crippen LogP contribution in [0.5, 0.6) is 5.75 Å². The molecule has 5 nitrogen and oxygen atoms in total. The number of carbonyl (C=O) groups is 2. The predicted octanol–water partition coefficient (Wildman–Crippen LogP) is 4.68. The van der Waals surface area contributed by atoms with Crippen LogP contribution in [0, 0.1) is 0 Å². The van der Waals surface area contributed by atoms with Crippen LogP contribution in [-0.4, -0.2) is 28.1 Å². The van der Waals surface area contributed by atoms with Gasteiger partial charge in [-0.3, -0.25) is 4.79 Å². The summed E-state index contributed by atoms with van der Waals surface area (Å²) in [6, 6.07) is 24.9. The maximum absolute atomic E-state index is 13.0. The van der Waals surface area contributed by atoms with Crippen molar-refractivity contribution in [2.45, 2.75) is 37.6 Å². The van der Waals surface area contributed by atoms with Gasteiger partial charge < -0.3 is 15.5 Å². The molecule has 3 aromatic carbocycles. The molecule has 0 radical (unpaired) electrons. The molecule has 0 heterocycles. The second-order valence-electron chi connectivity index (χ2n) is 7.57. The molecule has 0 saturated carbocycles. The van der Waals surface area contributed by atoms with E-state index in [1.54, 1.807) is 12.1 Å². The topological polar surface area (TPSA) is 86.6 Å². The molecule has 0 aliphatic rings. The smallest absolute Gasteiger partial charge is 0.326 e. The van der Waals surface area contributed by atoms with Crippen LogP contribution < -0.4 is 5.32 Å². The molecule has 0 saturated heterocycles. The van der Waals surface area contributed by atoms with E-state index in [2.05, 4.69) is 5.32 Å². The van der Waals surface area contributed by atoms with Gasteiger partial charge in [-0.1, -0.05) is 79.7 Å². The fraction of sp³-hybridized carbons (Fsp3) is 0.231. The summed E-state index contributed by atoms with van der Waals surface area (Å²) in [5.41, 5.74) is 2.76. The van der Waals surface area contributed by atoms with E-state index in [9.17, 15) is 19.8 Å². The van der Waals surface area contributed by atoms with E-state index in [0.29, 0.717) is 6.42 Å². The number of hydrogen-bond donors (Lipinski definition) is 3. The number of aromatic hydroxyl groups is 1. The Morgan fingerprint density at radius 1 is 0.806 bits per heavy atom. The van der Waals surface area contributed by atoms with Gasteiger partial charge >= 0.3 is 5.97 Å². The lowest BCUT2D eigenvalue weighted by Gasteiger charge is -2.25. The van der Waals surface area contributed by atoms with Gasteiger partial charge in [0.1, 0.15) is 11.8 Å². The Kier molecular flexibility index (Phi) is 7.44. The molecule has 31 heavy (non-hydrogen) atoms. The third kappa shape index (κ3) is 5.72. The first-order chi connectivity index (χ1) is 15.0. The zero-order valence-corrected chi connectivity index (χ0v) is 17.4. The van der Waals surface area contributed by atoms with Crippen LogP contribution in [0.3, 0.4) is 0 Å². The Hall–Kier alpha value is -3.60. The summed E-state index contributed by atoms with van der Waals surface area (Å²) in [6.07, 6.45) is 0.673. The molecular formula is C26H27NO4. The molecule has 1 amide bonds. The van der Waals surface area contributed by atoms with Gasteiger partial charge in [0.15, 0.2) is 0 Å². The summed E-state index contributed by atoms with van der Waals surface area (Å²) in [5.74, 6) is -1.87. The van der Waals surface area contributed by atoms with Crippen molar-refractivity contribution in [2.75, 3.05) is 0 Å². The van der Waals surface area contributed by atoms with E-state index in [-0.39, 0.29) is 24.0 Å². The number of carboxylic acids is 1. The van der Waals surface area contributed by atoms with E-state index < -0.39 is 17.9 Å². The second kappa shape index (κ2) is 10.4. The van der Waals surface area contributed by atoms with Gasteiger partial charge in [-0.05, 0) is 35.2 Å². The van der Waals surface area contributed by atoms with Crippen LogP contribution in [0.4, 0.5) is 0 Å². The highest BCUT2D eigenvalue weighted by Crippen LogP contribution is 2.29. The minimum atomic E-state index is -1.08. The Labute approximate surface area is 182 Å². The zero-order valence-electron chi connectivity index (χ0n) is 17.4. The maximum atomic E-state index is 13.0. The van der Waals surface area contributed by atoms with Gasteiger partial charge in [-0.2, -0.15) is 0 Å². The lowest BCUT2D eigenvalue weighted by molar-refractivity contribution is -0.142. The van der Waals surface area contributed by atoms with Crippen LogP contribution in [-0.2, 0) is 9.59 Å². The van der Waals surface area contributed by atoms with E-state index in [0.717, 1.165) is 16.7 Å². The third-order valence-corrected chi connectivity index (χ3v) is 5.54. The molecule has 3 rings (SSSR count). The monoisotopic (exact) mass is 417 g/mol. The summed E-state index contributed by atoms with van der Waals surface area (Å²) in [5, 5.41) is 22.1. The molecule has 0 aromatic heterocycles. The van der Waals surface area contributed by atoms with E-state index in [1.807, 2.05) is 67.6 Å². The summed E-state index contributed by atoms with van der Waals surface area (Å²) < 4.78 is 0. The molecule has 0 aliphatic heterocycles. The number of hydrogen-bond acceptors (Lipinski definition) is 3. The maximum Gasteiger partial charge on any atom is 0.326 e. The minimum absolute atomic E-state index is 0.114. The Bertz CT molecular complexity index is 947. The first-order valence-electron chi connectivity index (χ1n) is 10.4. The van der Waals surface area contributed by atoms with E-state index >= 15 is 0 Å². The van der Waals surface area contributed by atoms with Crippen molar-refractivity contribution in [2.24, 2.45) is 0 Å². The number of carbonyl (C=O) groups excluding carboxylic acids is 1. The van der Waals surface area contributed by atoms with E-state index in [4.69, 9.17) is 0 Å². The number of carboxylic acid groups (broad SMARTS) is 1. The molecule has 3 N–H and O–H groups in total. The molecule has 0 spiro atoms. The average Bonchev–Trinajstić information content (AvgIpc) is 2.79. The number of phenolic OH excluding ortho intramolecular Hbond substituents is 1. The zero-order chi connectivity index (χ0) is 22.2. The Balaban J connectivity index is 1.82. The van der Waals surface area contributed by atoms with Crippen LogP contribution in [0.15, 0.2) is 84.9 Å². The molecule has 5 heteroatoms. The summed E-state index contributed by atoms with van der Waals surface area (Å²) >= 11 is 0. The lowest BCUT2D eigenvalue weighted by Crippen LogP contribution is -2.45. The number of rotatable bonds is 9. The Morgan fingerprint density at radius 2 is 1.32 bits per heavy atom. The lowest BCUT2D eigenvalue weighted by atomic mass is 9.87. The first-order valence-corrected chi connectivity index (χ1v) is 10.4. The van der Waals surface area contributed by atoms with Gasteiger partial charge in [0.2, 0.25) is 5.91 Å². The normalized spacial score (nSPS) is 12.8. The van der Waals surface area contributed by atoms with Crippen molar-refractivity contribution >= 4 is 11.9 Å². The standard InChI is InChI=1S/C26H27NO4/c1-2-22(20-13-15-21(28)16-14-20)25(26(30)31)27-24(29)17-23(18-9-5-3-6-10-18)19-11-7-4-8-12-19/h3-16,22-23,25,28H,2,17H2,1H3,(H,27,29)(H,30,31). The largest absolute Gasteiger partial charge is 0.508 e. The highest BCUT2D eigenvalue weighted by atomic mass is 16.4. The highest BCUT2D eigenvalue weighted by molar-refractivity contribution is 5.85. The van der Waals surface area contributed by atoms with Gasteiger partial charge in [0.05, 0.1) is 0 Å². The molecule has 160 valence electrons. The van der Waals surface area contributed by atoms with Crippen LogP contribution in [0.25, 0.3) is 0 Å². The SMILES string of the molecule is CCC(c1ccc(O)cc1)C(NC(=O)CC(c1ccccc1)c1ccccc1)C(=O)O. The third-order valence-electron chi connectivity index (χ3n) is 5.54. The fourth-order valence-electron chi connectivity index (χ4n) is 3.94. The van der Waals surface area contributed by atoms with Gasteiger partial charge in [0.25, 0.3) is 0 Å². The van der Waals surface area contributed by atoms with Crippen LogP contribution >= 0.6 is 0 Å². The van der Waals surface area contributed by atoms with Crippen molar-refractivity contribution in [1.29, 1.82) is 0 Å². The van der Waals surface area contributed by atoms with Crippen molar-refractivity contribution in [3.63, 3.8) is 0 Å². The summed E-state index contributed by atoms with van der Waals surface area (Å²) in [6.45, 7) is 1.89. The quantitative estimate of drug-likeness (QED) is 0.472. The number of nitrogens with one attached hydrogen (secondary N) is 1. The van der Waals surface area contributed by atoms with Gasteiger partial charge in [0, 0.05) is 18.3 Å². The van der Waals surface area contributed by atoms with Crippen molar-refractivity contribution in [3.05, 3.63) is 102 Å². The Morgan fingerprint density at radius 3 is 1.77 bits per heavy atom. The van der Waals surface area contributed by atoms with Crippen molar-refractivity contribution in [1.82, 2.24) is 5.32 Å². The number of phenols is 1. The van der Waals surface area contributed by atoms with Crippen LogP contribution in [0.1, 0.15) is 48.3 Å². The number of aliphatic carboxylic acids is 1. The summed E-state index contributed by atoms with van der Waals surface area (Å²) in [4.78, 5) is 25.0. The predicted molar refractivity (Wildman–Crippen MR) is 120 cm³/mol. The first kappa shape index (κ1) is 22.1. The molecule has 0 aliphatic carbocycles. The van der Waals surface area contributed by atoms with Gasteiger partial charge in [-0.15, -0.1) is 0 Å². The molecule has 3 aromatic rings. The van der Waals surface area contributed by atoms with Crippen molar-refractivity contribution < 1.29 is 19.8 Å². The molecular weight excluding hydrogens is 390 g/mol.